The Bertz CT molecular complexity index is 1640. The molecule has 0 N–H and O–H groups in total. The van der Waals surface area contributed by atoms with Crippen molar-refractivity contribution >= 4 is 21.5 Å². The van der Waals surface area contributed by atoms with Gasteiger partial charge in [0.1, 0.15) is 11.5 Å². The van der Waals surface area contributed by atoms with Gasteiger partial charge >= 0.3 is 0 Å². The van der Waals surface area contributed by atoms with Gasteiger partial charge in [-0.3, -0.25) is 23.7 Å². The van der Waals surface area contributed by atoms with Crippen molar-refractivity contribution in [1.82, 2.24) is 9.13 Å². The van der Waals surface area contributed by atoms with E-state index in [1.807, 2.05) is 24.3 Å². The van der Waals surface area contributed by atoms with E-state index in [1.165, 1.54) is 17.7 Å². The van der Waals surface area contributed by atoms with Crippen LogP contribution in [0.4, 0.5) is 0 Å². The number of nitrogens with zero attached hydrogens (tertiary/aromatic N) is 2. The van der Waals surface area contributed by atoms with Crippen molar-refractivity contribution in [2.75, 3.05) is 0 Å². The molecule has 0 aliphatic rings. The largest absolute Gasteiger partial charge is 0.457 e. The molecule has 5 aromatic rings. The number of aromatic nitrogens is 2. The summed E-state index contributed by atoms with van der Waals surface area (Å²) in [6.07, 6.45) is 0.942. The predicted octanol–water partition coefficient (Wildman–Crippen LogP) is 3.28. The molecule has 0 bridgehead atoms. The maximum absolute atomic E-state index is 13.0. The number of ether oxygens (including phenoxy) is 1. The Morgan fingerprint density at radius 1 is 0.636 bits per heavy atom. The quantitative estimate of drug-likeness (QED) is 0.419. The van der Waals surface area contributed by atoms with Crippen LogP contribution in [0.15, 0.2) is 79.8 Å². The zero-order valence-electron chi connectivity index (χ0n) is 18.1. The van der Waals surface area contributed by atoms with Gasteiger partial charge in [-0.25, -0.2) is 4.57 Å². The first-order valence-electron chi connectivity index (χ1n) is 10.7. The molecule has 0 saturated carbocycles. The average molecular weight is 440 g/mol. The molecule has 33 heavy (non-hydrogen) atoms. The smallest absolute Gasteiger partial charge is 0.266 e. The molecule has 2 aromatic heterocycles. The lowest BCUT2D eigenvalue weighted by molar-refractivity contribution is 0.482. The second-order valence-electron chi connectivity index (χ2n) is 7.84. The molecule has 0 unspecified atom stereocenters. The highest BCUT2D eigenvalue weighted by atomic mass is 16.5. The third-order valence-corrected chi connectivity index (χ3v) is 5.95. The molecule has 0 aliphatic heterocycles. The van der Waals surface area contributed by atoms with Gasteiger partial charge in [0.05, 0.1) is 27.2 Å². The number of aryl methyl sites for hydroxylation is 1. The SMILES string of the molecule is CCc1ccc(Oc2ccc(-n3c(=O)c4cc5c(=O)n(CC)c(=O)c5cc4c3=O)cc2)cc1. The van der Waals surface area contributed by atoms with Gasteiger partial charge in [0, 0.05) is 6.54 Å². The third-order valence-electron chi connectivity index (χ3n) is 5.95. The van der Waals surface area contributed by atoms with Crippen molar-refractivity contribution in [2.45, 2.75) is 26.8 Å². The highest BCUT2D eigenvalue weighted by Crippen LogP contribution is 2.23. The van der Waals surface area contributed by atoms with E-state index in [4.69, 9.17) is 4.74 Å². The summed E-state index contributed by atoms with van der Waals surface area (Å²) in [6.45, 7) is 4.00. The highest BCUT2D eigenvalue weighted by Gasteiger charge is 2.19. The number of hydrogen-bond donors (Lipinski definition) is 0. The van der Waals surface area contributed by atoms with Crippen LogP contribution >= 0.6 is 0 Å². The van der Waals surface area contributed by atoms with Gasteiger partial charge in [-0.1, -0.05) is 19.1 Å². The Morgan fingerprint density at radius 3 is 1.55 bits per heavy atom. The van der Waals surface area contributed by atoms with Crippen molar-refractivity contribution in [3.05, 3.63) is 108 Å². The Balaban J connectivity index is 1.57. The first kappa shape index (κ1) is 20.6. The van der Waals surface area contributed by atoms with E-state index in [2.05, 4.69) is 6.92 Å². The summed E-state index contributed by atoms with van der Waals surface area (Å²) in [7, 11) is 0. The minimum absolute atomic E-state index is 0.120. The van der Waals surface area contributed by atoms with Gasteiger partial charge in [0.25, 0.3) is 22.2 Å². The van der Waals surface area contributed by atoms with E-state index in [9.17, 15) is 19.2 Å². The second kappa shape index (κ2) is 7.70. The Labute approximate surface area is 187 Å². The topological polar surface area (TPSA) is 87.4 Å². The van der Waals surface area contributed by atoms with Crippen LogP contribution in [0.25, 0.3) is 27.2 Å². The molecule has 3 aromatic carbocycles. The predicted molar refractivity (Wildman–Crippen MR) is 128 cm³/mol. The lowest BCUT2D eigenvalue weighted by atomic mass is 10.1. The van der Waals surface area contributed by atoms with Crippen molar-refractivity contribution in [2.24, 2.45) is 0 Å². The van der Waals surface area contributed by atoms with E-state index in [0.717, 1.165) is 15.6 Å². The maximum Gasteiger partial charge on any atom is 0.266 e. The summed E-state index contributed by atoms with van der Waals surface area (Å²) in [5.74, 6) is 1.25. The fraction of sp³-hybridized carbons (Fsp3) is 0.154. The lowest BCUT2D eigenvalue weighted by Gasteiger charge is -2.07. The molecular formula is C26H20N2O5. The molecule has 2 heterocycles. The van der Waals surface area contributed by atoms with Crippen LogP contribution in [0.3, 0.4) is 0 Å². The summed E-state index contributed by atoms with van der Waals surface area (Å²) in [5.41, 5.74) is -0.378. The van der Waals surface area contributed by atoms with E-state index >= 15 is 0 Å². The molecule has 7 heteroatoms. The van der Waals surface area contributed by atoms with Crippen LogP contribution in [0.5, 0.6) is 11.5 Å². The molecule has 0 aliphatic carbocycles. The van der Waals surface area contributed by atoms with Crippen molar-refractivity contribution < 1.29 is 4.74 Å². The van der Waals surface area contributed by atoms with Crippen LogP contribution in [0.1, 0.15) is 19.4 Å². The molecule has 7 nitrogen and oxygen atoms in total. The summed E-state index contributed by atoms with van der Waals surface area (Å²) in [4.78, 5) is 51.1. The van der Waals surface area contributed by atoms with Crippen LogP contribution in [-0.4, -0.2) is 9.13 Å². The minimum atomic E-state index is -0.531. The zero-order valence-corrected chi connectivity index (χ0v) is 18.1. The summed E-state index contributed by atoms with van der Waals surface area (Å²) in [5, 5.41) is 0.547. The zero-order chi connectivity index (χ0) is 23.3. The third kappa shape index (κ3) is 3.20. The van der Waals surface area contributed by atoms with Crippen molar-refractivity contribution in [3.8, 4) is 17.2 Å². The molecule has 0 atom stereocenters. The molecule has 0 radical (unpaired) electrons. The Morgan fingerprint density at radius 2 is 1.09 bits per heavy atom. The Hall–Kier alpha value is -4.26. The van der Waals surface area contributed by atoms with Crippen LogP contribution in [-0.2, 0) is 13.0 Å². The van der Waals surface area contributed by atoms with E-state index in [-0.39, 0.29) is 28.1 Å². The number of fused-ring (bicyclic) bond motifs is 2. The van der Waals surface area contributed by atoms with E-state index in [0.29, 0.717) is 17.2 Å². The number of hydrogen-bond acceptors (Lipinski definition) is 5. The lowest BCUT2D eigenvalue weighted by Crippen LogP contribution is -2.24. The van der Waals surface area contributed by atoms with Crippen LogP contribution in [0.2, 0.25) is 0 Å². The molecule has 164 valence electrons. The molecule has 0 spiro atoms. The van der Waals surface area contributed by atoms with Gasteiger partial charge in [-0.05, 0) is 67.4 Å². The van der Waals surface area contributed by atoms with E-state index in [1.54, 1.807) is 31.2 Å². The molecular weight excluding hydrogens is 420 g/mol. The van der Waals surface area contributed by atoms with Crippen molar-refractivity contribution in [3.63, 3.8) is 0 Å². The molecule has 0 amide bonds. The van der Waals surface area contributed by atoms with E-state index < -0.39 is 22.2 Å². The Kier molecular flexibility index (Phi) is 4.82. The highest BCUT2D eigenvalue weighted by molar-refractivity contribution is 5.98. The molecule has 0 saturated heterocycles. The normalized spacial score (nSPS) is 11.5. The van der Waals surface area contributed by atoms with Gasteiger partial charge in [-0.15, -0.1) is 0 Å². The minimum Gasteiger partial charge on any atom is -0.457 e. The maximum atomic E-state index is 13.0. The summed E-state index contributed by atoms with van der Waals surface area (Å²) < 4.78 is 7.99. The summed E-state index contributed by atoms with van der Waals surface area (Å²) in [6, 6.07) is 17.1. The fourth-order valence-electron chi connectivity index (χ4n) is 4.14. The van der Waals surface area contributed by atoms with Gasteiger partial charge in [0.2, 0.25) is 0 Å². The monoisotopic (exact) mass is 440 g/mol. The van der Waals surface area contributed by atoms with Crippen LogP contribution < -0.4 is 27.0 Å². The number of rotatable bonds is 5. The molecule has 0 fully saturated rings. The number of benzene rings is 3. The summed E-state index contributed by atoms with van der Waals surface area (Å²) >= 11 is 0. The average Bonchev–Trinajstić information content (AvgIpc) is 3.22. The van der Waals surface area contributed by atoms with Crippen LogP contribution in [0, 0.1) is 0 Å². The van der Waals surface area contributed by atoms with Crippen molar-refractivity contribution in [1.29, 1.82) is 0 Å². The molecule has 5 rings (SSSR count). The van der Waals surface area contributed by atoms with Gasteiger partial charge in [0.15, 0.2) is 0 Å². The van der Waals surface area contributed by atoms with Gasteiger partial charge in [-0.2, -0.15) is 0 Å². The first-order valence-corrected chi connectivity index (χ1v) is 10.7. The standard InChI is InChI=1S/C26H20N2O5/c1-3-15-5-9-17(10-6-15)33-18-11-7-16(8-12-18)28-25(31)21-13-19-20(14-22(21)26(28)32)24(30)27(4-2)23(19)29/h5-14H,3-4H2,1-2H3. The second-order valence-corrected chi connectivity index (χ2v) is 7.84. The fourth-order valence-corrected chi connectivity index (χ4v) is 4.14. The van der Waals surface area contributed by atoms with Gasteiger partial charge < -0.3 is 4.74 Å². The first-order chi connectivity index (χ1) is 15.9.